The van der Waals surface area contributed by atoms with Crippen molar-refractivity contribution in [1.29, 1.82) is 0 Å². The predicted molar refractivity (Wildman–Crippen MR) is 232 cm³/mol. The van der Waals surface area contributed by atoms with Crippen molar-refractivity contribution >= 4 is 11.8 Å². The summed E-state index contributed by atoms with van der Waals surface area (Å²) in [5.41, 5.74) is 0. The van der Waals surface area contributed by atoms with Gasteiger partial charge in [0, 0.05) is 57.3 Å². The second kappa shape index (κ2) is 35.2. The number of fused-ring (bicyclic) bond motifs is 1. The standard InChI is InChI=1S/C24H40F3NO6.C21H36F3NO6.Ac.H2O/c1-5-7-8-9-10-11-12-13-15-30-20-18(28-22(29)24(25,26)27)21(31-14-6-2)33-17-16-32-23(3,4)34-19(17)20;1-3-5-6-7-8-9-10-11-13-29-18-16(25-20(28)21(22,23)24)19(30-12-4-2)31-15(14-26)17(18)27;;/h6,17-21H,2,5,7-16H2,1,3-4H3,(H,28,29);4,15-19,26-27H,2-3,5-14H2,1H3,(H,25,28);;1H2/t17-,18-,19-,20-,21+;15-,16?,17-,18-,19+;;/m11../s1. The molecule has 3 fully saturated rings. The monoisotopic (exact) mass is 1200 g/mol. The van der Waals surface area contributed by atoms with Crippen LogP contribution in [0.15, 0.2) is 25.3 Å². The van der Waals surface area contributed by atoms with Gasteiger partial charge in [0.15, 0.2) is 18.4 Å². The molecule has 0 aromatic rings. The van der Waals surface area contributed by atoms with Gasteiger partial charge in [-0.05, 0) is 26.7 Å². The molecule has 10 atom stereocenters. The van der Waals surface area contributed by atoms with Gasteiger partial charge < -0.3 is 64.2 Å². The van der Waals surface area contributed by atoms with Crippen LogP contribution in [0.5, 0.6) is 0 Å². The van der Waals surface area contributed by atoms with Gasteiger partial charge in [0.05, 0.1) is 26.4 Å². The number of aliphatic hydroxyl groups excluding tert-OH is 2. The van der Waals surface area contributed by atoms with Gasteiger partial charge in [-0.1, -0.05) is 116 Å². The van der Waals surface area contributed by atoms with Gasteiger partial charge in [-0.15, -0.1) is 13.2 Å². The first-order chi connectivity index (χ1) is 30.8. The molecule has 0 spiro atoms. The van der Waals surface area contributed by atoms with Crippen LogP contribution in [0, 0.1) is 44.1 Å². The molecule has 2 amide bonds. The van der Waals surface area contributed by atoms with E-state index in [1.54, 1.807) is 13.8 Å². The Morgan fingerprint density at radius 3 is 1.51 bits per heavy atom. The third kappa shape index (κ3) is 24.8. The molecule has 0 aliphatic carbocycles. The summed E-state index contributed by atoms with van der Waals surface area (Å²) >= 11 is 0. The predicted octanol–water partition coefficient (Wildman–Crippen LogP) is 6.65. The fourth-order valence-corrected chi connectivity index (χ4v) is 7.58. The zero-order valence-corrected chi connectivity index (χ0v) is 44.5. The summed E-state index contributed by atoms with van der Waals surface area (Å²) in [5, 5.41) is 23.8. The van der Waals surface area contributed by atoms with E-state index in [2.05, 4.69) is 27.0 Å². The van der Waals surface area contributed by atoms with E-state index in [4.69, 9.17) is 37.9 Å². The fraction of sp³-hybridized carbons (Fsp3) is 0.867. The second-order valence-electron chi connectivity index (χ2n) is 16.9. The molecule has 6 N–H and O–H groups in total. The van der Waals surface area contributed by atoms with Crippen molar-refractivity contribution in [2.75, 3.05) is 39.6 Å². The third-order valence-corrected chi connectivity index (χ3v) is 11.0. The van der Waals surface area contributed by atoms with E-state index in [1.807, 2.05) is 10.6 Å². The topological polar surface area (TPSA) is 204 Å². The maximum absolute atomic E-state index is 13.1. The molecule has 22 heteroatoms. The third-order valence-electron chi connectivity index (χ3n) is 11.0. The first kappa shape index (κ1) is 66.0. The molecule has 15 nitrogen and oxygen atoms in total. The molecule has 0 aromatic carbocycles. The molecule has 3 heterocycles. The number of aliphatic hydroxyl groups is 2. The minimum atomic E-state index is -5.12. The van der Waals surface area contributed by atoms with E-state index in [-0.39, 0.29) is 76.0 Å². The minimum Gasteiger partial charge on any atom is -0.412 e. The Morgan fingerprint density at radius 2 is 1.09 bits per heavy atom. The molecule has 0 saturated carbocycles. The average molecular weight is 1200 g/mol. The normalized spacial score (nSPS) is 26.9. The van der Waals surface area contributed by atoms with Crippen LogP contribution in [0.25, 0.3) is 0 Å². The van der Waals surface area contributed by atoms with Gasteiger partial charge in [-0.2, -0.15) is 26.3 Å². The molecule has 0 bridgehead atoms. The molecule has 3 saturated heterocycles. The van der Waals surface area contributed by atoms with Crippen molar-refractivity contribution < 1.29 is 134 Å². The van der Waals surface area contributed by atoms with E-state index in [9.17, 15) is 46.1 Å². The summed E-state index contributed by atoms with van der Waals surface area (Å²) in [6.45, 7) is 14.8. The van der Waals surface area contributed by atoms with Gasteiger partial charge in [0.1, 0.15) is 48.7 Å². The molecule has 3 aliphatic rings. The van der Waals surface area contributed by atoms with E-state index in [1.165, 1.54) is 63.5 Å². The van der Waals surface area contributed by atoms with Crippen LogP contribution < -0.4 is 10.6 Å². The van der Waals surface area contributed by atoms with E-state index < -0.39 is 97.8 Å². The Hall–Kier alpha value is -0.998. The number of ether oxygens (including phenoxy) is 8. The number of carbonyl (C=O) groups excluding carboxylic acids is 2. The molecule has 67 heavy (non-hydrogen) atoms. The van der Waals surface area contributed by atoms with E-state index >= 15 is 0 Å². The van der Waals surface area contributed by atoms with Crippen molar-refractivity contribution in [3.8, 4) is 0 Å². The van der Waals surface area contributed by atoms with Crippen LogP contribution in [0.2, 0.25) is 0 Å². The summed E-state index contributed by atoms with van der Waals surface area (Å²) in [7, 11) is 0. The number of hydrogen-bond donors (Lipinski definition) is 4. The Bertz CT molecular complexity index is 1360. The maximum Gasteiger partial charge on any atom is 0.471 e. The van der Waals surface area contributed by atoms with Crippen LogP contribution >= 0.6 is 0 Å². The van der Waals surface area contributed by atoms with Crippen LogP contribution in [-0.2, 0) is 47.5 Å². The molecule has 1 radical (unpaired) electrons. The summed E-state index contributed by atoms with van der Waals surface area (Å²) in [6.07, 6.45) is 1.27. The van der Waals surface area contributed by atoms with Crippen molar-refractivity contribution in [2.45, 2.75) is 210 Å². The summed E-state index contributed by atoms with van der Waals surface area (Å²) < 4.78 is 123. The first-order valence-electron chi connectivity index (χ1n) is 23.2. The van der Waals surface area contributed by atoms with Gasteiger partial charge >= 0.3 is 24.2 Å². The van der Waals surface area contributed by atoms with Crippen LogP contribution in [0.4, 0.5) is 26.3 Å². The largest absolute Gasteiger partial charge is 0.471 e. The van der Waals surface area contributed by atoms with Gasteiger partial charge in [-0.25, -0.2) is 0 Å². The number of alkyl halides is 6. The number of amides is 2. The molecule has 0 aromatic heterocycles. The van der Waals surface area contributed by atoms with Crippen molar-refractivity contribution in [1.82, 2.24) is 10.6 Å². The first-order valence-corrected chi connectivity index (χ1v) is 23.2. The summed E-state index contributed by atoms with van der Waals surface area (Å²) in [5.74, 6) is -5.25. The maximum atomic E-state index is 13.1. The van der Waals surface area contributed by atoms with Crippen molar-refractivity contribution in [3.63, 3.8) is 0 Å². The van der Waals surface area contributed by atoms with Crippen molar-refractivity contribution in [3.05, 3.63) is 25.3 Å². The quantitative estimate of drug-likeness (QED) is 0.0353. The van der Waals surface area contributed by atoms with E-state index in [0.717, 1.165) is 44.9 Å². The van der Waals surface area contributed by atoms with Crippen LogP contribution in [-0.4, -0.2) is 147 Å². The summed E-state index contributed by atoms with van der Waals surface area (Å²) in [4.78, 5) is 23.3. The number of hydrogen-bond acceptors (Lipinski definition) is 12. The van der Waals surface area contributed by atoms with E-state index in [0.29, 0.717) is 13.0 Å². The Morgan fingerprint density at radius 1 is 0.687 bits per heavy atom. The molecule has 1 unspecified atom stereocenters. The smallest absolute Gasteiger partial charge is 0.412 e. The van der Waals surface area contributed by atoms with Crippen LogP contribution in [0.1, 0.15) is 130 Å². The molecule has 3 aliphatic heterocycles. The van der Waals surface area contributed by atoms with Gasteiger partial charge in [0.2, 0.25) is 0 Å². The Labute approximate surface area is 428 Å². The summed E-state index contributed by atoms with van der Waals surface area (Å²) in [6, 6.07) is -2.64. The Kier molecular flexibility index (Phi) is 34.7. The number of unbranched alkanes of at least 4 members (excludes halogenated alkanes) is 14. The SMILES string of the molecule is C=CCO[C@H]1O[C@@H]2COC(C)(C)O[C@H]2[C@H](OCCCCCCCCCC)[C@H]1NC(=O)C(F)(F)F.C=CCO[C@H]1O[C@H](CO)[C@@H](O)[C@H](OCCCCCCCCCC)C1NC(=O)C(F)(F)F.O.[Ac]. The molecular formula is C45H78AcF6N2O13. The number of rotatable bonds is 29. The van der Waals surface area contributed by atoms with Gasteiger partial charge in [-0.3, -0.25) is 9.59 Å². The number of carbonyl (C=O) groups is 2. The van der Waals surface area contributed by atoms with Gasteiger partial charge in [0.25, 0.3) is 0 Å². The average Bonchev–Trinajstić information content (AvgIpc) is 3.25. The number of halogens is 6. The second-order valence-corrected chi connectivity index (χ2v) is 16.9. The fourth-order valence-electron chi connectivity index (χ4n) is 7.58. The number of nitrogens with one attached hydrogen (secondary N) is 2. The zero-order valence-electron chi connectivity index (χ0n) is 39.7. The molecule has 3 rings (SSSR count). The van der Waals surface area contributed by atoms with Crippen molar-refractivity contribution in [2.24, 2.45) is 0 Å². The van der Waals surface area contributed by atoms with Crippen LogP contribution in [0.3, 0.4) is 0 Å². The zero-order chi connectivity index (χ0) is 48.5. The Balaban J connectivity index is 0.00000127. The minimum absolute atomic E-state index is 0. The molecule has 391 valence electrons. The molecular weight excluding hydrogens is 1120 g/mol.